The molecule has 1 aromatic rings. The zero-order valence-corrected chi connectivity index (χ0v) is 9.71. The van der Waals surface area contributed by atoms with Gasteiger partial charge in [-0.15, -0.1) is 0 Å². The molecule has 0 fully saturated rings. The van der Waals surface area contributed by atoms with E-state index in [9.17, 15) is 19.6 Å². The van der Waals surface area contributed by atoms with Crippen molar-refractivity contribution in [1.82, 2.24) is 0 Å². The van der Waals surface area contributed by atoms with Crippen LogP contribution in [0.1, 0.15) is 33.2 Å². The van der Waals surface area contributed by atoms with Crippen LogP contribution in [0.25, 0.3) is 0 Å². The van der Waals surface area contributed by atoms with Crippen molar-refractivity contribution in [2.45, 2.75) is 19.7 Å². The average molecular weight is 251 g/mol. The number of carboxylic acid groups (broad SMARTS) is 1. The minimum Gasteiger partial charge on any atom is -0.669 e. The molecule has 7 heteroatoms. The summed E-state index contributed by atoms with van der Waals surface area (Å²) in [7, 11) is 0. The summed E-state index contributed by atoms with van der Waals surface area (Å²) in [6.45, 7) is -1.81. The molecular formula is C11H12BO6-. The van der Waals surface area contributed by atoms with Crippen LogP contribution in [-0.4, -0.2) is 33.7 Å². The lowest BCUT2D eigenvalue weighted by molar-refractivity contribution is 0.0688. The van der Waals surface area contributed by atoms with Crippen molar-refractivity contribution in [1.29, 1.82) is 0 Å². The maximum absolute atomic E-state index is 11.4. The van der Waals surface area contributed by atoms with E-state index in [2.05, 4.69) is 0 Å². The highest BCUT2D eigenvalue weighted by molar-refractivity contribution is 6.59. The van der Waals surface area contributed by atoms with Gasteiger partial charge in [0.2, 0.25) is 0 Å². The van der Waals surface area contributed by atoms with Gasteiger partial charge in [0.05, 0.1) is 5.75 Å². The summed E-state index contributed by atoms with van der Waals surface area (Å²) in [6, 6.07) is 2.99. The first kappa shape index (κ1) is 12.6. The topological polar surface area (TPSA) is 104 Å². The summed E-state index contributed by atoms with van der Waals surface area (Å²) in [5.41, 5.74) is 0.238. The average Bonchev–Trinajstić information content (AvgIpc) is 2.25. The molecule has 1 heterocycles. The van der Waals surface area contributed by atoms with E-state index in [0.29, 0.717) is 12.0 Å². The molecule has 0 atom stereocenters. The standard InChI is InChI=1S/C11H12BO6/c1-6(13)8-3-2-7-4-5-12(16,17)18-10(7)9(8)11(14)15/h2-3,16-17H,4-5H2,1H3,(H,14,15)/q-1. The zero-order chi connectivity index (χ0) is 13.5. The lowest BCUT2D eigenvalue weighted by Gasteiger charge is -2.37. The first-order chi connectivity index (χ1) is 8.32. The Hall–Kier alpha value is -1.86. The Balaban J connectivity index is 2.66. The van der Waals surface area contributed by atoms with Crippen molar-refractivity contribution in [3.8, 4) is 5.75 Å². The molecule has 1 aromatic carbocycles. The van der Waals surface area contributed by atoms with Crippen LogP contribution in [-0.2, 0) is 6.42 Å². The van der Waals surface area contributed by atoms with Crippen molar-refractivity contribution in [3.63, 3.8) is 0 Å². The molecule has 96 valence electrons. The Bertz CT molecular complexity index is 537. The van der Waals surface area contributed by atoms with Gasteiger partial charge in [0.1, 0.15) is 5.56 Å². The molecule has 0 aliphatic carbocycles. The fourth-order valence-electron chi connectivity index (χ4n) is 2.05. The van der Waals surface area contributed by atoms with Crippen molar-refractivity contribution in [2.24, 2.45) is 0 Å². The van der Waals surface area contributed by atoms with Gasteiger partial charge in [0.15, 0.2) is 5.78 Å². The van der Waals surface area contributed by atoms with E-state index in [-0.39, 0.29) is 23.2 Å². The van der Waals surface area contributed by atoms with Gasteiger partial charge in [-0.25, -0.2) is 4.79 Å². The highest BCUT2D eigenvalue weighted by atomic mass is 16.6. The van der Waals surface area contributed by atoms with Crippen molar-refractivity contribution in [2.75, 3.05) is 0 Å². The fourth-order valence-corrected chi connectivity index (χ4v) is 2.05. The summed E-state index contributed by atoms with van der Waals surface area (Å²) < 4.78 is 4.94. The van der Waals surface area contributed by atoms with Gasteiger partial charge < -0.3 is 19.8 Å². The molecule has 1 aliphatic rings. The number of rotatable bonds is 2. The minimum absolute atomic E-state index is 0.00486. The lowest BCUT2D eigenvalue weighted by atomic mass is 9.70. The predicted molar refractivity (Wildman–Crippen MR) is 62.7 cm³/mol. The van der Waals surface area contributed by atoms with E-state index in [1.54, 1.807) is 6.07 Å². The molecule has 0 spiro atoms. The van der Waals surface area contributed by atoms with Crippen LogP contribution in [0, 0.1) is 0 Å². The number of ketones is 1. The maximum atomic E-state index is 11.4. The van der Waals surface area contributed by atoms with E-state index in [1.807, 2.05) is 0 Å². The fraction of sp³-hybridized carbons (Fsp3) is 0.273. The zero-order valence-electron chi connectivity index (χ0n) is 9.71. The Morgan fingerprint density at radius 3 is 2.56 bits per heavy atom. The highest BCUT2D eigenvalue weighted by Gasteiger charge is 2.32. The Kier molecular flexibility index (Phi) is 2.88. The second-order valence-corrected chi connectivity index (χ2v) is 4.35. The monoisotopic (exact) mass is 251 g/mol. The van der Waals surface area contributed by atoms with Crippen molar-refractivity contribution >= 4 is 18.5 Å². The number of fused-ring (bicyclic) bond motifs is 1. The number of aryl methyl sites for hydroxylation is 1. The summed E-state index contributed by atoms with van der Waals surface area (Å²) in [4.78, 5) is 22.6. The summed E-state index contributed by atoms with van der Waals surface area (Å²) >= 11 is 0. The number of Topliss-reactive ketones (excluding diaryl/α,β-unsaturated/α-hetero) is 1. The molecule has 18 heavy (non-hydrogen) atoms. The van der Waals surface area contributed by atoms with E-state index in [4.69, 9.17) is 9.76 Å². The molecule has 6 nitrogen and oxygen atoms in total. The van der Waals surface area contributed by atoms with Crippen LogP contribution >= 0.6 is 0 Å². The number of aromatic carboxylic acids is 1. The van der Waals surface area contributed by atoms with Gasteiger partial charge >= 0.3 is 12.7 Å². The molecule has 0 radical (unpaired) electrons. The number of benzene rings is 1. The Morgan fingerprint density at radius 2 is 2.00 bits per heavy atom. The van der Waals surface area contributed by atoms with Crippen LogP contribution in [0.2, 0.25) is 6.32 Å². The van der Waals surface area contributed by atoms with Gasteiger partial charge in [0, 0.05) is 5.56 Å². The van der Waals surface area contributed by atoms with Gasteiger partial charge in [-0.1, -0.05) is 18.5 Å². The molecule has 0 saturated carbocycles. The number of carbonyl (C=O) groups excluding carboxylic acids is 1. The number of carbonyl (C=O) groups is 2. The third kappa shape index (κ3) is 2.10. The predicted octanol–water partition coefficient (Wildman–Crippen LogP) is 0.446. The largest absolute Gasteiger partial charge is 0.669 e. The van der Waals surface area contributed by atoms with Gasteiger partial charge in [0.25, 0.3) is 0 Å². The first-order valence-electron chi connectivity index (χ1n) is 5.51. The second kappa shape index (κ2) is 4.11. The van der Waals surface area contributed by atoms with E-state index in [1.165, 1.54) is 13.0 Å². The van der Waals surface area contributed by atoms with Crippen LogP contribution < -0.4 is 4.65 Å². The molecule has 2 rings (SSSR count). The first-order valence-corrected chi connectivity index (χ1v) is 5.51. The van der Waals surface area contributed by atoms with Gasteiger partial charge in [-0.2, -0.15) is 0 Å². The summed E-state index contributed by atoms with van der Waals surface area (Å²) in [6.07, 6.45) is 0.298. The highest BCUT2D eigenvalue weighted by Crippen LogP contribution is 2.35. The van der Waals surface area contributed by atoms with Crippen LogP contribution in [0.4, 0.5) is 0 Å². The lowest BCUT2D eigenvalue weighted by Crippen LogP contribution is -2.45. The van der Waals surface area contributed by atoms with E-state index >= 15 is 0 Å². The minimum atomic E-state index is -3.05. The molecule has 3 N–H and O–H groups in total. The van der Waals surface area contributed by atoms with Crippen molar-refractivity contribution in [3.05, 3.63) is 28.8 Å². The van der Waals surface area contributed by atoms with Gasteiger partial charge in [-0.3, -0.25) is 4.79 Å². The third-order valence-corrected chi connectivity index (χ3v) is 2.93. The Labute approximate surface area is 103 Å². The molecule has 0 aromatic heterocycles. The van der Waals surface area contributed by atoms with Gasteiger partial charge in [-0.05, 0) is 18.9 Å². The van der Waals surface area contributed by atoms with Crippen LogP contribution in [0.3, 0.4) is 0 Å². The maximum Gasteiger partial charge on any atom is 0.430 e. The van der Waals surface area contributed by atoms with Crippen LogP contribution in [0.15, 0.2) is 12.1 Å². The Morgan fingerprint density at radius 1 is 1.33 bits per heavy atom. The smallest absolute Gasteiger partial charge is 0.430 e. The third-order valence-electron chi connectivity index (χ3n) is 2.93. The normalized spacial score (nSPS) is 16.6. The molecule has 0 amide bonds. The quantitative estimate of drug-likeness (QED) is 0.520. The van der Waals surface area contributed by atoms with E-state index in [0.717, 1.165) is 0 Å². The van der Waals surface area contributed by atoms with Crippen LogP contribution in [0.5, 0.6) is 5.75 Å². The number of carboxylic acids is 1. The van der Waals surface area contributed by atoms with E-state index < -0.39 is 18.5 Å². The number of hydrogen-bond donors (Lipinski definition) is 3. The number of hydrogen-bond acceptors (Lipinski definition) is 5. The molecule has 0 bridgehead atoms. The molecule has 1 aliphatic heterocycles. The summed E-state index contributed by atoms with van der Waals surface area (Å²) in [5, 5.41) is 28.1. The second-order valence-electron chi connectivity index (χ2n) is 4.35. The SMILES string of the molecule is CC(=O)c1ccc2c(c1C(=O)O)O[B-](O)(O)CC2. The van der Waals surface area contributed by atoms with Crippen molar-refractivity contribution < 1.29 is 29.4 Å². The molecule has 0 unspecified atom stereocenters. The molecular weight excluding hydrogens is 239 g/mol. The summed E-state index contributed by atoms with van der Waals surface area (Å²) in [5.74, 6) is -1.87. The molecule has 0 saturated heterocycles.